The average molecular weight is 399 g/mol. The molecule has 1 aliphatic carbocycles. The fourth-order valence-electron chi connectivity index (χ4n) is 3.47. The number of hydrogen-bond donors (Lipinski definition) is 2. The summed E-state index contributed by atoms with van der Waals surface area (Å²) in [5.41, 5.74) is 3.77. The normalized spacial score (nSPS) is 17.3. The van der Waals surface area contributed by atoms with E-state index in [2.05, 4.69) is 44.2 Å². The standard InChI is InChI=1S/C21H26N4O2S/c1-22-21(25-13-12-17-4-2-3-5-18(17)15-25)23-14-16-6-10-20(11-7-16)28(26,27)24-19-8-9-19/h2-7,10-11,19,24H,8-9,12-15H2,1H3,(H,22,23). The molecule has 1 saturated carbocycles. The van der Waals surface area contributed by atoms with Gasteiger partial charge in [-0.3, -0.25) is 4.99 Å². The van der Waals surface area contributed by atoms with Crippen LogP contribution in [0.2, 0.25) is 0 Å². The fraction of sp³-hybridized carbons (Fsp3) is 0.381. The Kier molecular flexibility index (Phi) is 5.37. The van der Waals surface area contributed by atoms with Gasteiger partial charge in [-0.05, 0) is 48.1 Å². The van der Waals surface area contributed by atoms with Gasteiger partial charge >= 0.3 is 0 Å². The number of nitrogens with one attached hydrogen (secondary N) is 2. The van der Waals surface area contributed by atoms with E-state index < -0.39 is 10.0 Å². The lowest BCUT2D eigenvalue weighted by molar-refractivity contribution is 0.378. The molecular formula is C21H26N4O2S. The molecule has 4 rings (SSSR count). The van der Waals surface area contributed by atoms with E-state index in [1.807, 2.05) is 12.1 Å². The van der Waals surface area contributed by atoms with Gasteiger partial charge in [0.05, 0.1) is 4.90 Å². The number of fused-ring (bicyclic) bond motifs is 1. The predicted octanol–water partition coefficient (Wildman–Crippen LogP) is 2.26. The molecule has 0 amide bonds. The molecule has 0 aromatic heterocycles. The maximum atomic E-state index is 12.3. The van der Waals surface area contributed by atoms with Crippen LogP contribution in [0.5, 0.6) is 0 Å². The largest absolute Gasteiger partial charge is 0.352 e. The van der Waals surface area contributed by atoms with E-state index in [0.29, 0.717) is 11.4 Å². The molecule has 6 nitrogen and oxygen atoms in total. The van der Waals surface area contributed by atoms with Crippen LogP contribution in [0.25, 0.3) is 0 Å². The predicted molar refractivity (Wildman–Crippen MR) is 111 cm³/mol. The van der Waals surface area contributed by atoms with Crippen LogP contribution in [0.1, 0.15) is 29.5 Å². The number of sulfonamides is 1. The quantitative estimate of drug-likeness (QED) is 0.599. The average Bonchev–Trinajstić information content (AvgIpc) is 3.52. The molecule has 2 aromatic rings. The molecule has 2 aliphatic rings. The second kappa shape index (κ2) is 7.93. The lowest BCUT2D eigenvalue weighted by Crippen LogP contribution is -2.43. The van der Waals surface area contributed by atoms with E-state index in [-0.39, 0.29) is 6.04 Å². The van der Waals surface area contributed by atoms with Crippen molar-refractivity contribution in [3.05, 3.63) is 65.2 Å². The highest BCUT2D eigenvalue weighted by molar-refractivity contribution is 7.89. The maximum Gasteiger partial charge on any atom is 0.240 e. The molecule has 2 aromatic carbocycles. The van der Waals surface area contributed by atoms with Gasteiger partial charge in [0.25, 0.3) is 0 Å². The summed E-state index contributed by atoms with van der Waals surface area (Å²) in [6.45, 7) is 2.38. The van der Waals surface area contributed by atoms with Gasteiger partial charge in [-0.15, -0.1) is 0 Å². The van der Waals surface area contributed by atoms with Gasteiger partial charge in [0.1, 0.15) is 0 Å². The Bertz CT molecular complexity index is 966. The van der Waals surface area contributed by atoms with Gasteiger partial charge in [0.15, 0.2) is 5.96 Å². The molecule has 0 saturated heterocycles. The minimum absolute atomic E-state index is 0.115. The summed E-state index contributed by atoms with van der Waals surface area (Å²) in [6.07, 6.45) is 2.88. The van der Waals surface area contributed by atoms with Crippen molar-refractivity contribution >= 4 is 16.0 Å². The van der Waals surface area contributed by atoms with Crippen molar-refractivity contribution in [3.63, 3.8) is 0 Å². The smallest absolute Gasteiger partial charge is 0.240 e. The molecule has 0 unspecified atom stereocenters. The van der Waals surface area contributed by atoms with Crippen molar-refractivity contribution in [1.29, 1.82) is 0 Å². The molecule has 0 atom stereocenters. The highest BCUT2D eigenvalue weighted by Crippen LogP contribution is 2.22. The zero-order valence-corrected chi connectivity index (χ0v) is 16.9. The van der Waals surface area contributed by atoms with Crippen LogP contribution >= 0.6 is 0 Å². The first kappa shape index (κ1) is 19.0. The Morgan fingerprint density at radius 1 is 1.11 bits per heavy atom. The van der Waals surface area contributed by atoms with Gasteiger partial charge in [0, 0.05) is 32.7 Å². The summed E-state index contributed by atoms with van der Waals surface area (Å²) in [5, 5.41) is 3.40. The minimum Gasteiger partial charge on any atom is -0.352 e. The van der Waals surface area contributed by atoms with Crippen LogP contribution in [0.3, 0.4) is 0 Å². The van der Waals surface area contributed by atoms with Crippen molar-refractivity contribution in [2.45, 2.75) is 43.3 Å². The molecule has 0 radical (unpaired) electrons. The Morgan fingerprint density at radius 2 is 1.82 bits per heavy atom. The molecular weight excluding hydrogens is 372 g/mol. The first-order valence-electron chi connectivity index (χ1n) is 9.69. The first-order valence-corrected chi connectivity index (χ1v) is 11.2. The Labute approximate surface area is 166 Å². The van der Waals surface area contributed by atoms with Crippen LogP contribution < -0.4 is 10.0 Å². The number of aliphatic imine (C=N–C) groups is 1. The monoisotopic (exact) mass is 398 g/mol. The second-order valence-corrected chi connectivity index (χ2v) is 9.09. The highest BCUT2D eigenvalue weighted by Gasteiger charge is 2.27. The zero-order valence-electron chi connectivity index (χ0n) is 16.1. The third-order valence-electron chi connectivity index (χ3n) is 5.23. The van der Waals surface area contributed by atoms with Gasteiger partial charge < -0.3 is 10.2 Å². The van der Waals surface area contributed by atoms with E-state index in [4.69, 9.17) is 0 Å². The topological polar surface area (TPSA) is 73.8 Å². The third-order valence-corrected chi connectivity index (χ3v) is 6.76. The van der Waals surface area contributed by atoms with Gasteiger partial charge in [-0.2, -0.15) is 0 Å². The fourth-order valence-corrected chi connectivity index (χ4v) is 4.77. The number of nitrogens with zero attached hydrogens (tertiary/aromatic N) is 2. The molecule has 28 heavy (non-hydrogen) atoms. The molecule has 1 heterocycles. The van der Waals surface area contributed by atoms with Crippen LogP contribution in [-0.2, 0) is 29.5 Å². The van der Waals surface area contributed by atoms with Crippen LogP contribution in [-0.4, -0.2) is 38.9 Å². The lowest BCUT2D eigenvalue weighted by Gasteiger charge is -2.31. The summed E-state index contributed by atoms with van der Waals surface area (Å²) < 4.78 is 27.2. The van der Waals surface area contributed by atoms with Crippen LogP contribution in [0, 0.1) is 0 Å². The number of guanidine groups is 1. The van der Waals surface area contributed by atoms with Gasteiger partial charge in [-0.1, -0.05) is 36.4 Å². The summed E-state index contributed by atoms with van der Waals surface area (Å²) in [7, 11) is -1.60. The van der Waals surface area contributed by atoms with E-state index in [0.717, 1.165) is 43.9 Å². The number of hydrogen-bond acceptors (Lipinski definition) is 3. The van der Waals surface area contributed by atoms with Crippen molar-refractivity contribution in [3.8, 4) is 0 Å². The van der Waals surface area contributed by atoms with Gasteiger partial charge in [-0.25, -0.2) is 13.1 Å². The second-order valence-electron chi connectivity index (χ2n) is 7.38. The zero-order chi connectivity index (χ0) is 19.6. The molecule has 0 spiro atoms. The summed E-state index contributed by atoms with van der Waals surface area (Å²) in [6, 6.07) is 15.7. The lowest BCUT2D eigenvalue weighted by atomic mass is 10.0. The maximum absolute atomic E-state index is 12.3. The molecule has 1 aliphatic heterocycles. The number of benzene rings is 2. The Hall–Kier alpha value is -2.38. The minimum atomic E-state index is -3.40. The summed E-state index contributed by atoms with van der Waals surface area (Å²) >= 11 is 0. The Balaban J connectivity index is 1.37. The van der Waals surface area contributed by atoms with E-state index >= 15 is 0 Å². The molecule has 2 N–H and O–H groups in total. The first-order chi connectivity index (χ1) is 13.5. The van der Waals surface area contributed by atoms with Crippen molar-refractivity contribution in [2.75, 3.05) is 13.6 Å². The Morgan fingerprint density at radius 3 is 2.50 bits per heavy atom. The SMILES string of the molecule is CN=C(NCc1ccc(S(=O)(=O)NC2CC2)cc1)N1CCc2ccccc2C1. The van der Waals surface area contributed by atoms with Crippen molar-refractivity contribution < 1.29 is 8.42 Å². The molecule has 0 bridgehead atoms. The van der Waals surface area contributed by atoms with E-state index in [9.17, 15) is 8.42 Å². The summed E-state index contributed by atoms with van der Waals surface area (Å²) in [5.74, 6) is 0.863. The number of rotatable bonds is 5. The molecule has 148 valence electrons. The van der Waals surface area contributed by atoms with Crippen LogP contribution in [0.4, 0.5) is 0 Å². The van der Waals surface area contributed by atoms with Gasteiger partial charge in [0.2, 0.25) is 10.0 Å². The van der Waals surface area contributed by atoms with Crippen molar-refractivity contribution in [1.82, 2.24) is 14.9 Å². The third kappa shape index (κ3) is 4.36. The van der Waals surface area contributed by atoms with Crippen LogP contribution in [0.15, 0.2) is 58.4 Å². The molecule has 7 heteroatoms. The van der Waals surface area contributed by atoms with Crippen molar-refractivity contribution in [2.24, 2.45) is 4.99 Å². The van der Waals surface area contributed by atoms with E-state index in [1.165, 1.54) is 11.1 Å². The highest BCUT2D eigenvalue weighted by atomic mass is 32.2. The van der Waals surface area contributed by atoms with E-state index in [1.54, 1.807) is 19.2 Å². The summed E-state index contributed by atoms with van der Waals surface area (Å²) in [4.78, 5) is 6.99. The molecule has 1 fully saturated rings.